The highest BCUT2D eigenvalue weighted by Crippen LogP contribution is 2.30. The first-order valence-corrected chi connectivity index (χ1v) is 4.42. The van der Waals surface area contributed by atoms with Crippen LogP contribution in [0.2, 0.25) is 0 Å². The Morgan fingerprint density at radius 1 is 1.56 bits per heavy atom. The van der Waals surface area contributed by atoms with E-state index in [9.17, 15) is 13.2 Å². The molecule has 86 valence electrons. The van der Waals surface area contributed by atoms with Crippen molar-refractivity contribution in [3.8, 4) is 11.8 Å². The van der Waals surface area contributed by atoms with Crippen molar-refractivity contribution in [3.05, 3.63) is 17.3 Å². The summed E-state index contributed by atoms with van der Waals surface area (Å²) >= 11 is 5.39. The highest BCUT2D eigenvalue weighted by molar-refractivity contribution is 6.17. The molecule has 4 nitrogen and oxygen atoms in total. The Kier molecular flexibility index (Phi) is 3.44. The fraction of sp³-hybridized carbons (Fsp3) is 0.250. The standard InChI is InChI=1S/C8H5ClF3N3O/c9-2-5-7(16-8(10,11)12)4(3-13)1-6(14)15-5/h1H,2H2,(H2,14,15). The van der Waals surface area contributed by atoms with Crippen molar-refractivity contribution in [3.63, 3.8) is 0 Å². The van der Waals surface area contributed by atoms with Crippen LogP contribution in [0.15, 0.2) is 6.07 Å². The summed E-state index contributed by atoms with van der Waals surface area (Å²) in [5, 5.41) is 8.64. The van der Waals surface area contributed by atoms with Crippen LogP contribution < -0.4 is 10.5 Å². The third-order valence-electron chi connectivity index (χ3n) is 1.53. The van der Waals surface area contributed by atoms with E-state index in [1.165, 1.54) is 6.07 Å². The van der Waals surface area contributed by atoms with Crippen molar-refractivity contribution >= 4 is 17.4 Å². The molecule has 0 radical (unpaired) electrons. The molecular weight excluding hydrogens is 247 g/mol. The van der Waals surface area contributed by atoms with Crippen LogP contribution in [0.4, 0.5) is 19.0 Å². The van der Waals surface area contributed by atoms with Crippen LogP contribution in [0.5, 0.6) is 5.75 Å². The molecule has 8 heteroatoms. The van der Waals surface area contributed by atoms with Gasteiger partial charge in [0, 0.05) is 6.07 Å². The van der Waals surface area contributed by atoms with Gasteiger partial charge in [-0.3, -0.25) is 0 Å². The number of halogens is 4. The van der Waals surface area contributed by atoms with Gasteiger partial charge in [-0.25, -0.2) is 4.98 Å². The topological polar surface area (TPSA) is 71.9 Å². The van der Waals surface area contributed by atoms with Crippen LogP contribution in [-0.4, -0.2) is 11.3 Å². The first-order chi connectivity index (χ1) is 7.37. The number of rotatable bonds is 2. The molecule has 1 aromatic rings. The number of nitriles is 1. The third-order valence-corrected chi connectivity index (χ3v) is 1.78. The van der Waals surface area contributed by atoms with E-state index >= 15 is 0 Å². The van der Waals surface area contributed by atoms with Crippen molar-refractivity contribution in [1.29, 1.82) is 5.26 Å². The highest BCUT2D eigenvalue weighted by atomic mass is 35.5. The molecule has 0 saturated heterocycles. The van der Waals surface area contributed by atoms with E-state index in [0.29, 0.717) is 0 Å². The molecule has 0 aliphatic carbocycles. The number of hydrogen-bond donors (Lipinski definition) is 1. The normalized spacial score (nSPS) is 10.9. The number of pyridine rings is 1. The maximum Gasteiger partial charge on any atom is 0.573 e. The minimum atomic E-state index is -4.91. The van der Waals surface area contributed by atoms with Crippen molar-refractivity contribution in [2.45, 2.75) is 12.2 Å². The van der Waals surface area contributed by atoms with Crippen LogP contribution in [0.3, 0.4) is 0 Å². The monoisotopic (exact) mass is 251 g/mol. The smallest absolute Gasteiger partial charge is 0.402 e. The molecule has 0 aliphatic heterocycles. The predicted octanol–water partition coefficient (Wildman–Crippen LogP) is 2.17. The number of aromatic nitrogens is 1. The van der Waals surface area contributed by atoms with Crippen LogP contribution >= 0.6 is 11.6 Å². The number of nitrogens with zero attached hydrogens (tertiary/aromatic N) is 2. The van der Waals surface area contributed by atoms with E-state index in [1.54, 1.807) is 0 Å². The fourth-order valence-corrected chi connectivity index (χ4v) is 1.19. The molecule has 0 aromatic carbocycles. The molecule has 2 N–H and O–H groups in total. The Bertz CT molecular complexity index is 441. The Morgan fingerprint density at radius 2 is 2.19 bits per heavy atom. The number of ether oxygens (including phenoxy) is 1. The van der Waals surface area contributed by atoms with E-state index in [2.05, 4.69) is 9.72 Å². The molecule has 0 fully saturated rings. The molecule has 0 aliphatic rings. The number of anilines is 1. The van der Waals surface area contributed by atoms with E-state index < -0.39 is 12.1 Å². The SMILES string of the molecule is N#Cc1cc(N)nc(CCl)c1OC(F)(F)F. The first kappa shape index (κ1) is 12.4. The van der Waals surface area contributed by atoms with E-state index in [-0.39, 0.29) is 23.0 Å². The van der Waals surface area contributed by atoms with Gasteiger partial charge in [0.15, 0.2) is 5.75 Å². The summed E-state index contributed by atoms with van der Waals surface area (Å²) < 4.78 is 39.8. The van der Waals surface area contributed by atoms with Crippen molar-refractivity contribution < 1.29 is 17.9 Å². The molecule has 0 atom stereocenters. The summed E-state index contributed by atoms with van der Waals surface area (Å²) in [6, 6.07) is 2.51. The zero-order valence-electron chi connectivity index (χ0n) is 7.68. The molecule has 1 aromatic heterocycles. The molecule has 0 saturated carbocycles. The van der Waals surface area contributed by atoms with Crippen molar-refractivity contribution in [1.82, 2.24) is 4.98 Å². The van der Waals surface area contributed by atoms with Crippen molar-refractivity contribution in [2.75, 3.05) is 5.73 Å². The number of nitrogens with two attached hydrogens (primary N) is 1. The van der Waals surface area contributed by atoms with Gasteiger partial charge in [0.05, 0.1) is 11.4 Å². The number of hydrogen-bond acceptors (Lipinski definition) is 4. The summed E-state index contributed by atoms with van der Waals surface area (Å²) in [6.45, 7) is 0. The first-order valence-electron chi connectivity index (χ1n) is 3.88. The van der Waals surface area contributed by atoms with Crippen LogP contribution in [-0.2, 0) is 5.88 Å². The zero-order valence-corrected chi connectivity index (χ0v) is 8.43. The van der Waals surface area contributed by atoms with Crippen molar-refractivity contribution in [2.24, 2.45) is 0 Å². The quantitative estimate of drug-likeness (QED) is 0.818. The molecule has 1 rings (SSSR count). The van der Waals surface area contributed by atoms with Gasteiger partial charge in [0.1, 0.15) is 17.6 Å². The second-order valence-electron chi connectivity index (χ2n) is 2.66. The Labute approximate surface area is 93.4 Å². The lowest BCUT2D eigenvalue weighted by Crippen LogP contribution is -2.19. The maximum absolute atomic E-state index is 12.0. The molecule has 0 spiro atoms. The van der Waals surface area contributed by atoms with Gasteiger partial charge in [-0.05, 0) is 0 Å². The molecule has 0 amide bonds. The number of nitrogen functional groups attached to an aromatic ring is 1. The lowest BCUT2D eigenvalue weighted by Gasteiger charge is -2.13. The molecular formula is C8H5ClF3N3O. The summed E-state index contributed by atoms with van der Waals surface area (Å²) in [5.74, 6) is -1.15. The van der Waals surface area contributed by atoms with Gasteiger partial charge in [0.2, 0.25) is 0 Å². The van der Waals surface area contributed by atoms with Gasteiger partial charge in [0.25, 0.3) is 0 Å². The molecule has 16 heavy (non-hydrogen) atoms. The van der Waals surface area contributed by atoms with E-state index in [1.807, 2.05) is 0 Å². The Morgan fingerprint density at radius 3 is 2.62 bits per heavy atom. The minimum absolute atomic E-state index is 0.0956. The maximum atomic E-state index is 12.0. The molecule has 1 heterocycles. The fourth-order valence-electron chi connectivity index (χ4n) is 1.01. The highest BCUT2D eigenvalue weighted by Gasteiger charge is 2.33. The second kappa shape index (κ2) is 4.45. The van der Waals surface area contributed by atoms with E-state index in [0.717, 1.165) is 6.07 Å². The van der Waals surface area contributed by atoms with Gasteiger partial charge in [-0.1, -0.05) is 0 Å². The van der Waals surface area contributed by atoms with E-state index in [4.69, 9.17) is 22.6 Å². The Hall–Kier alpha value is -1.68. The molecule has 0 unspecified atom stereocenters. The summed E-state index contributed by atoms with van der Waals surface area (Å²) in [7, 11) is 0. The predicted molar refractivity (Wildman–Crippen MR) is 49.6 cm³/mol. The van der Waals surface area contributed by atoms with Crippen LogP contribution in [0.1, 0.15) is 11.3 Å². The van der Waals surface area contributed by atoms with Crippen LogP contribution in [0.25, 0.3) is 0 Å². The second-order valence-corrected chi connectivity index (χ2v) is 2.93. The summed E-state index contributed by atoms with van der Waals surface area (Å²) in [5.41, 5.74) is 4.70. The lowest BCUT2D eigenvalue weighted by molar-refractivity contribution is -0.275. The van der Waals surface area contributed by atoms with Crippen LogP contribution in [0, 0.1) is 11.3 Å². The van der Waals surface area contributed by atoms with Gasteiger partial charge >= 0.3 is 6.36 Å². The third kappa shape index (κ3) is 2.90. The average molecular weight is 252 g/mol. The molecule has 0 bridgehead atoms. The van der Waals surface area contributed by atoms with Gasteiger partial charge < -0.3 is 10.5 Å². The Balaban J connectivity index is 3.29. The number of alkyl halides is 4. The lowest BCUT2D eigenvalue weighted by atomic mass is 10.2. The summed E-state index contributed by atoms with van der Waals surface area (Å²) in [6.07, 6.45) is -4.91. The van der Waals surface area contributed by atoms with Gasteiger partial charge in [-0.15, -0.1) is 24.8 Å². The average Bonchev–Trinajstić information content (AvgIpc) is 2.18. The summed E-state index contributed by atoms with van der Waals surface area (Å²) in [4.78, 5) is 3.55. The van der Waals surface area contributed by atoms with Gasteiger partial charge in [-0.2, -0.15) is 5.26 Å². The minimum Gasteiger partial charge on any atom is -0.402 e. The zero-order chi connectivity index (χ0) is 12.3. The largest absolute Gasteiger partial charge is 0.573 e.